The van der Waals surface area contributed by atoms with Crippen LogP contribution in [0.5, 0.6) is 0 Å². The first-order chi connectivity index (χ1) is 9.97. The molecule has 0 saturated carbocycles. The van der Waals surface area contributed by atoms with E-state index in [1.165, 1.54) is 18.3 Å². The van der Waals surface area contributed by atoms with E-state index in [0.717, 1.165) is 25.9 Å². The summed E-state index contributed by atoms with van der Waals surface area (Å²) in [7, 11) is 3.82. The van der Waals surface area contributed by atoms with Gasteiger partial charge >= 0.3 is 12.0 Å². The van der Waals surface area contributed by atoms with Crippen molar-refractivity contribution in [3.05, 3.63) is 24.0 Å². The molecular weight excluding hydrogens is 272 g/mol. The minimum atomic E-state index is -1.09. The molecule has 1 aromatic rings. The van der Waals surface area contributed by atoms with Crippen molar-refractivity contribution in [1.82, 2.24) is 14.8 Å². The smallest absolute Gasteiger partial charge is 0.354 e. The topological polar surface area (TPSA) is 85.8 Å². The van der Waals surface area contributed by atoms with E-state index < -0.39 is 5.97 Å². The van der Waals surface area contributed by atoms with Gasteiger partial charge in [0, 0.05) is 19.6 Å². The zero-order chi connectivity index (χ0) is 15.4. The van der Waals surface area contributed by atoms with E-state index in [4.69, 9.17) is 5.11 Å². The van der Waals surface area contributed by atoms with Crippen molar-refractivity contribution in [3.8, 4) is 0 Å². The SMILES string of the molecule is CN1CCCC(N(C)C(=O)Nc2ccc(C(=O)O)nc2)C1. The van der Waals surface area contributed by atoms with Crippen molar-refractivity contribution >= 4 is 17.7 Å². The Balaban J connectivity index is 1.95. The molecule has 2 N–H and O–H groups in total. The van der Waals surface area contributed by atoms with Crippen molar-refractivity contribution in [3.63, 3.8) is 0 Å². The van der Waals surface area contributed by atoms with Crippen molar-refractivity contribution in [2.45, 2.75) is 18.9 Å². The van der Waals surface area contributed by atoms with Gasteiger partial charge in [0.1, 0.15) is 5.69 Å². The third-order valence-corrected chi connectivity index (χ3v) is 3.70. The average molecular weight is 292 g/mol. The van der Waals surface area contributed by atoms with E-state index in [-0.39, 0.29) is 17.8 Å². The Morgan fingerprint density at radius 2 is 2.24 bits per heavy atom. The van der Waals surface area contributed by atoms with Crippen molar-refractivity contribution in [2.75, 3.05) is 32.5 Å². The molecule has 1 unspecified atom stereocenters. The maximum atomic E-state index is 12.2. The van der Waals surface area contributed by atoms with Crippen LogP contribution in [0.4, 0.5) is 10.5 Å². The largest absolute Gasteiger partial charge is 0.477 e. The molecule has 1 aromatic heterocycles. The first kappa shape index (κ1) is 15.2. The number of likely N-dealkylation sites (tertiary alicyclic amines) is 1. The lowest BCUT2D eigenvalue weighted by atomic mass is 10.1. The fourth-order valence-corrected chi connectivity index (χ4v) is 2.43. The van der Waals surface area contributed by atoms with Gasteiger partial charge < -0.3 is 20.2 Å². The maximum absolute atomic E-state index is 12.2. The number of aromatic nitrogens is 1. The molecule has 1 saturated heterocycles. The molecule has 0 aromatic carbocycles. The van der Waals surface area contributed by atoms with Crippen LogP contribution in [0.3, 0.4) is 0 Å². The van der Waals surface area contributed by atoms with Gasteiger partial charge in [-0.3, -0.25) is 0 Å². The summed E-state index contributed by atoms with van der Waals surface area (Å²) in [4.78, 5) is 30.6. The standard InChI is InChI=1S/C14H20N4O3/c1-17-7-3-4-11(9-17)18(2)14(21)16-10-5-6-12(13(19)20)15-8-10/h5-6,8,11H,3-4,7,9H2,1-2H3,(H,16,21)(H,19,20). The van der Waals surface area contributed by atoms with Crippen LogP contribution in [0.2, 0.25) is 0 Å². The Labute approximate surface area is 123 Å². The van der Waals surface area contributed by atoms with Gasteiger partial charge in [-0.2, -0.15) is 0 Å². The lowest BCUT2D eigenvalue weighted by Crippen LogP contribution is -2.48. The van der Waals surface area contributed by atoms with E-state index in [2.05, 4.69) is 15.2 Å². The van der Waals surface area contributed by atoms with Crippen molar-refractivity contribution < 1.29 is 14.7 Å². The van der Waals surface area contributed by atoms with E-state index >= 15 is 0 Å². The number of aromatic carboxylic acids is 1. The second-order valence-electron chi connectivity index (χ2n) is 5.34. The van der Waals surface area contributed by atoms with E-state index in [1.807, 2.05) is 7.05 Å². The summed E-state index contributed by atoms with van der Waals surface area (Å²) in [6.07, 6.45) is 3.42. The van der Waals surface area contributed by atoms with Crippen LogP contribution in [-0.4, -0.2) is 65.1 Å². The second-order valence-corrected chi connectivity index (χ2v) is 5.34. The molecule has 7 heteroatoms. The molecule has 0 spiro atoms. The van der Waals surface area contributed by atoms with Crippen LogP contribution in [0.1, 0.15) is 23.3 Å². The molecule has 2 amide bonds. The number of hydrogen-bond donors (Lipinski definition) is 2. The van der Waals surface area contributed by atoms with Crippen LogP contribution in [0.25, 0.3) is 0 Å². The van der Waals surface area contributed by atoms with E-state index in [0.29, 0.717) is 5.69 Å². The van der Waals surface area contributed by atoms with Crippen LogP contribution in [-0.2, 0) is 0 Å². The highest BCUT2D eigenvalue weighted by molar-refractivity contribution is 5.90. The highest BCUT2D eigenvalue weighted by Gasteiger charge is 2.24. The zero-order valence-corrected chi connectivity index (χ0v) is 12.2. The number of carbonyl (C=O) groups is 2. The molecule has 114 valence electrons. The number of nitrogens with zero attached hydrogens (tertiary/aromatic N) is 3. The number of piperidine rings is 1. The molecule has 1 fully saturated rings. The number of carboxylic acids is 1. The Kier molecular flexibility index (Phi) is 4.74. The summed E-state index contributed by atoms with van der Waals surface area (Å²) in [5.41, 5.74) is 0.441. The van der Waals surface area contributed by atoms with Crippen LogP contribution >= 0.6 is 0 Å². The van der Waals surface area contributed by atoms with Gasteiger partial charge in [-0.1, -0.05) is 0 Å². The normalized spacial score (nSPS) is 19.0. The fraction of sp³-hybridized carbons (Fsp3) is 0.500. The van der Waals surface area contributed by atoms with Crippen LogP contribution < -0.4 is 5.32 Å². The monoisotopic (exact) mass is 292 g/mol. The molecule has 21 heavy (non-hydrogen) atoms. The van der Waals surface area contributed by atoms with Crippen LogP contribution in [0, 0.1) is 0 Å². The number of rotatable bonds is 3. The van der Waals surface area contributed by atoms with Crippen LogP contribution in [0.15, 0.2) is 18.3 Å². The summed E-state index contributed by atoms with van der Waals surface area (Å²) < 4.78 is 0. The highest BCUT2D eigenvalue weighted by atomic mass is 16.4. The van der Waals surface area contributed by atoms with Gasteiger partial charge in [-0.25, -0.2) is 14.6 Å². The van der Waals surface area contributed by atoms with Gasteiger partial charge in [0.15, 0.2) is 0 Å². The molecule has 1 aliphatic heterocycles. The van der Waals surface area contributed by atoms with E-state index in [9.17, 15) is 9.59 Å². The average Bonchev–Trinajstić information content (AvgIpc) is 2.47. The van der Waals surface area contributed by atoms with Gasteiger partial charge in [0.2, 0.25) is 0 Å². The summed E-state index contributed by atoms with van der Waals surface area (Å²) >= 11 is 0. The van der Waals surface area contributed by atoms with Gasteiger partial charge in [-0.15, -0.1) is 0 Å². The Morgan fingerprint density at radius 1 is 1.48 bits per heavy atom. The lowest BCUT2D eigenvalue weighted by molar-refractivity contribution is 0.0690. The number of anilines is 1. The second kappa shape index (κ2) is 6.53. The molecular formula is C14H20N4O3. The number of nitrogens with one attached hydrogen (secondary N) is 1. The fourth-order valence-electron chi connectivity index (χ4n) is 2.43. The third kappa shape index (κ3) is 3.91. The Bertz CT molecular complexity index is 517. The summed E-state index contributed by atoms with van der Waals surface area (Å²) in [6, 6.07) is 2.89. The number of amides is 2. The molecule has 0 radical (unpaired) electrons. The lowest BCUT2D eigenvalue weighted by Gasteiger charge is -2.35. The molecule has 1 aliphatic rings. The minimum absolute atomic E-state index is 0.0461. The highest BCUT2D eigenvalue weighted by Crippen LogP contribution is 2.15. The number of pyridine rings is 1. The van der Waals surface area contributed by atoms with Gasteiger partial charge in [0.05, 0.1) is 11.9 Å². The number of hydrogen-bond acceptors (Lipinski definition) is 4. The minimum Gasteiger partial charge on any atom is -0.477 e. The molecule has 0 aliphatic carbocycles. The number of carbonyl (C=O) groups excluding carboxylic acids is 1. The van der Waals surface area contributed by atoms with Crippen molar-refractivity contribution in [2.24, 2.45) is 0 Å². The number of likely N-dealkylation sites (N-methyl/N-ethyl adjacent to an activating group) is 2. The predicted octanol–water partition coefficient (Wildman–Crippen LogP) is 1.34. The maximum Gasteiger partial charge on any atom is 0.354 e. The Hall–Kier alpha value is -2.15. The summed E-state index contributed by atoms with van der Waals surface area (Å²) in [5.74, 6) is -1.09. The summed E-state index contributed by atoms with van der Waals surface area (Å²) in [5, 5.41) is 11.5. The molecule has 7 nitrogen and oxygen atoms in total. The molecule has 0 bridgehead atoms. The quantitative estimate of drug-likeness (QED) is 0.878. The Morgan fingerprint density at radius 3 is 2.81 bits per heavy atom. The zero-order valence-electron chi connectivity index (χ0n) is 12.2. The van der Waals surface area contributed by atoms with Crippen molar-refractivity contribution in [1.29, 1.82) is 0 Å². The molecule has 1 atom stereocenters. The number of carboxylic acid groups (broad SMARTS) is 1. The summed E-state index contributed by atoms with van der Waals surface area (Å²) in [6.45, 7) is 1.92. The first-order valence-electron chi connectivity index (χ1n) is 6.89. The van der Waals surface area contributed by atoms with E-state index in [1.54, 1.807) is 11.9 Å². The molecule has 2 rings (SSSR count). The first-order valence-corrected chi connectivity index (χ1v) is 6.89. The predicted molar refractivity (Wildman–Crippen MR) is 78.5 cm³/mol. The third-order valence-electron chi connectivity index (χ3n) is 3.70. The van der Waals surface area contributed by atoms with Gasteiger partial charge in [0.25, 0.3) is 0 Å². The van der Waals surface area contributed by atoms with Gasteiger partial charge in [-0.05, 0) is 38.6 Å². The number of urea groups is 1. The molecule has 2 heterocycles.